The predicted molar refractivity (Wildman–Crippen MR) is 124 cm³/mol. The molecule has 3 atom stereocenters. The van der Waals surface area contributed by atoms with Gasteiger partial charge in [0.25, 0.3) is 0 Å². The van der Waals surface area contributed by atoms with Crippen molar-refractivity contribution in [1.29, 1.82) is 0 Å². The maximum absolute atomic E-state index is 13.8. The Balaban J connectivity index is 1.48. The molecule has 8 heteroatoms. The number of imide groups is 1. The molecule has 3 fully saturated rings. The Morgan fingerprint density at radius 3 is 2.59 bits per heavy atom. The molecule has 2 heterocycles. The molecule has 0 N–H and O–H groups in total. The number of amides is 3. The molecule has 8 nitrogen and oxygen atoms in total. The van der Waals surface area contributed by atoms with Crippen molar-refractivity contribution in [3.05, 3.63) is 35.9 Å². The van der Waals surface area contributed by atoms with Gasteiger partial charge in [0.2, 0.25) is 12.3 Å². The van der Waals surface area contributed by atoms with E-state index >= 15 is 0 Å². The largest absolute Gasteiger partial charge is 0.447 e. The molecule has 0 bridgehead atoms. The summed E-state index contributed by atoms with van der Waals surface area (Å²) in [5.74, 6) is -0.428. The van der Waals surface area contributed by atoms with Gasteiger partial charge < -0.3 is 9.47 Å². The maximum atomic E-state index is 13.8. The van der Waals surface area contributed by atoms with Gasteiger partial charge >= 0.3 is 6.09 Å². The Labute approximate surface area is 201 Å². The van der Waals surface area contributed by atoms with E-state index in [0.717, 1.165) is 44.1 Å². The van der Waals surface area contributed by atoms with Crippen LogP contribution in [0.2, 0.25) is 0 Å². The first-order valence-electron chi connectivity index (χ1n) is 12.7. The summed E-state index contributed by atoms with van der Waals surface area (Å²) in [5.41, 5.74) is 1.04. The minimum Gasteiger partial charge on any atom is -0.447 e. The zero-order chi connectivity index (χ0) is 23.8. The molecule has 1 aromatic carbocycles. The third-order valence-electron chi connectivity index (χ3n) is 7.11. The maximum Gasteiger partial charge on any atom is 0.416 e. The van der Waals surface area contributed by atoms with Crippen LogP contribution in [0, 0.1) is 11.8 Å². The molecule has 1 aromatic rings. The third-order valence-corrected chi connectivity index (χ3v) is 7.11. The number of benzene rings is 1. The van der Waals surface area contributed by atoms with Gasteiger partial charge in [-0.2, -0.15) is 0 Å². The van der Waals surface area contributed by atoms with Gasteiger partial charge in [0, 0.05) is 13.0 Å². The number of carbonyl (C=O) groups excluding carboxylic acids is 3. The van der Waals surface area contributed by atoms with Gasteiger partial charge in [0.15, 0.2) is 6.29 Å². The minimum atomic E-state index is -0.603. The van der Waals surface area contributed by atoms with E-state index in [1.807, 2.05) is 30.3 Å². The molecule has 0 aromatic heterocycles. The highest BCUT2D eigenvalue weighted by atomic mass is 16.8. The van der Waals surface area contributed by atoms with Crippen LogP contribution >= 0.6 is 0 Å². The van der Waals surface area contributed by atoms with Gasteiger partial charge in [0.05, 0.1) is 18.5 Å². The number of ether oxygens (including phenoxy) is 2. The van der Waals surface area contributed by atoms with Gasteiger partial charge in [-0.05, 0) is 37.2 Å². The highest BCUT2D eigenvalue weighted by molar-refractivity contribution is 5.95. The van der Waals surface area contributed by atoms with Crippen LogP contribution in [0.15, 0.2) is 30.3 Å². The molecule has 186 valence electrons. The molecule has 3 unspecified atom stereocenters. The number of hydroxylamine groups is 2. The highest BCUT2D eigenvalue weighted by Crippen LogP contribution is 2.31. The Bertz CT molecular complexity index is 807. The van der Waals surface area contributed by atoms with Crippen LogP contribution in [0.4, 0.5) is 4.79 Å². The zero-order valence-electron chi connectivity index (χ0n) is 19.8. The quantitative estimate of drug-likeness (QED) is 0.377. The van der Waals surface area contributed by atoms with E-state index in [9.17, 15) is 14.4 Å². The van der Waals surface area contributed by atoms with Crippen LogP contribution in [-0.4, -0.2) is 60.5 Å². The summed E-state index contributed by atoms with van der Waals surface area (Å²) in [6.45, 7) is 0.878. The van der Waals surface area contributed by atoms with E-state index in [0.29, 0.717) is 38.2 Å². The van der Waals surface area contributed by atoms with Crippen LogP contribution in [0.25, 0.3) is 0 Å². The lowest BCUT2D eigenvalue weighted by molar-refractivity contribution is -0.276. The van der Waals surface area contributed by atoms with Gasteiger partial charge in [-0.1, -0.05) is 62.4 Å². The molecule has 0 spiro atoms. The van der Waals surface area contributed by atoms with Gasteiger partial charge in [0.1, 0.15) is 6.61 Å². The van der Waals surface area contributed by atoms with Gasteiger partial charge in [-0.15, -0.1) is 0 Å². The van der Waals surface area contributed by atoms with E-state index in [1.54, 1.807) is 0 Å². The lowest BCUT2D eigenvalue weighted by atomic mass is 9.82. The number of nitrogens with zero attached hydrogens (tertiary/aromatic N) is 2. The summed E-state index contributed by atoms with van der Waals surface area (Å²) in [7, 11) is 0. The van der Waals surface area contributed by atoms with E-state index in [4.69, 9.17) is 14.3 Å². The van der Waals surface area contributed by atoms with Gasteiger partial charge in [-0.3, -0.25) is 9.59 Å². The number of rotatable bonds is 10. The molecule has 4 rings (SSSR count). The summed E-state index contributed by atoms with van der Waals surface area (Å²) in [6.07, 6.45) is 9.01. The average molecular weight is 473 g/mol. The van der Waals surface area contributed by atoms with Crippen molar-refractivity contribution in [3.8, 4) is 0 Å². The Kier molecular flexibility index (Phi) is 8.93. The van der Waals surface area contributed by atoms with Crippen molar-refractivity contribution in [2.75, 3.05) is 19.8 Å². The van der Waals surface area contributed by atoms with Crippen LogP contribution in [0.1, 0.15) is 63.4 Å². The summed E-state index contributed by atoms with van der Waals surface area (Å²) < 4.78 is 10.9. The second-order valence-corrected chi connectivity index (χ2v) is 9.67. The monoisotopic (exact) mass is 472 g/mol. The number of carbonyl (C=O) groups is 3. The second kappa shape index (κ2) is 12.3. The number of hydrogen-bond acceptors (Lipinski definition) is 6. The van der Waals surface area contributed by atoms with Crippen molar-refractivity contribution in [1.82, 2.24) is 9.96 Å². The lowest BCUT2D eigenvalue weighted by Crippen LogP contribution is -2.47. The van der Waals surface area contributed by atoms with E-state index in [1.165, 1.54) is 16.4 Å². The minimum absolute atomic E-state index is 0.0977. The van der Waals surface area contributed by atoms with Crippen molar-refractivity contribution >= 4 is 18.4 Å². The van der Waals surface area contributed by atoms with E-state index in [-0.39, 0.29) is 25.1 Å². The fourth-order valence-corrected chi connectivity index (χ4v) is 5.32. The molecule has 3 amide bonds. The average Bonchev–Trinajstić information content (AvgIpc) is 3.24. The van der Waals surface area contributed by atoms with Crippen molar-refractivity contribution in [2.24, 2.45) is 11.8 Å². The number of hydrogen-bond donors (Lipinski definition) is 0. The normalized spacial score (nSPS) is 24.5. The number of cyclic esters (lactones) is 1. The first-order chi connectivity index (χ1) is 16.6. The molecule has 1 aliphatic carbocycles. The molecular weight excluding hydrogens is 436 g/mol. The second-order valence-electron chi connectivity index (χ2n) is 9.67. The first kappa shape index (κ1) is 24.7. The Morgan fingerprint density at radius 2 is 1.88 bits per heavy atom. The van der Waals surface area contributed by atoms with Crippen LogP contribution in [0.3, 0.4) is 0 Å². The third kappa shape index (κ3) is 6.57. The summed E-state index contributed by atoms with van der Waals surface area (Å²) in [4.78, 5) is 45.3. The topological polar surface area (TPSA) is 85.4 Å². The van der Waals surface area contributed by atoms with Crippen molar-refractivity contribution in [2.45, 2.75) is 76.5 Å². The first-order valence-corrected chi connectivity index (χ1v) is 12.7. The standard InChI is InChI=1S/C26H36N2O6/c29-19-27(34-24-13-7-8-14-32-24)17-22(15-20-9-3-1-4-10-20)25(30)28-23(18-33-26(28)31)16-21-11-5-2-6-12-21/h2,5-6,11-12,19-20,22-24H,1,3-4,7-10,13-18H2. The molecular formula is C26H36N2O6. The predicted octanol–water partition coefficient (Wildman–Crippen LogP) is 4.08. The van der Waals surface area contributed by atoms with E-state index < -0.39 is 18.3 Å². The zero-order valence-corrected chi connectivity index (χ0v) is 19.8. The van der Waals surface area contributed by atoms with Crippen LogP contribution < -0.4 is 0 Å². The molecule has 3 aliphatic rings. The van der Waals surface area contributed by atoms with Crippen molar-refractivity contribution in [3.63, 3.8) is 0 Å². The lowest BCUT2D eigenvalue weighted by Gasteiger charge is -2.33. The SMILES string of the molecule is O=CN(CC(CC1CCCCC1)C(=O)N1C(=O)OCC1Cc1ccccc1)OC1CCCCO1. The fourth-order valence-electron chi connectivity index (χ4n) is 5.32. The smallest absolute Gasteiger partial charge is 0.416 e. The molecule has 2 saturated heterocycles. The van der Waals surface area contributed by atoms with E-state index in [2.05, 4.69) is 0 Å². The van der Waals surface area contributed by atoms with Crippen molar-refractivity contribution < 1.29 is 28.7 Å². The molecule has 1 saturated carbocycles. The molecule has 0 radical (unpaired) electrons. The summed E-state index contributed by atoms with van der Waals surface area (Å²) in [5, 5.41) is 1.19. The summed E-state index contributed by atoms with van der Waals surface area (Å²) in [6, 6.07) is 9.43. The highest BCUT2D eigenvalue weighted by Gasteiger charge is 2.42. The Hall–Kier alpha value is -2.45. The molecule has 34 heavy (non-hydrogen) atoms. The fraction of sp³-hybridized carbons (Fsp3) is 0.654. The van der Waals surface area contributed by atoms with Gasteiger partial charge in [-0.25, -0.2) is 19.6 Å². The van der Waals surface area contributed by atoms with Crippen LogP contribution in [0.5, 0.6) is 0 Å². The Morgan fingerprint density at radius 1 is 1.12 bits per heavy atom. The summed E-state index contributed by atoms with van der Waals surface area (Å²) >= 11 is 0. The molecule has 2 aliphatic heterocycles. The van der Waals surface area contributed by atoms with Crippen LogP contribution in [-0.2, 0) is 30.3 Å².